The molecular formula is C13H15Cl2N3OS. The third-order valence-electron chi connectivity index (χ3n) is 3.14. The Balaban J connectivity index is 1.98. The van der Waals surface area contributed by atoms with Crippen molar-refractivity contribution in [2.75, 3.05) is 33.2 Å². The first-order chi connectivity index (χ1) is 9.45. The van der Waals surface area contributed by atoms with Gasteiger partial charge in [0.25, 0.3) is 5.91 Å². The Hall–Kier alpha value is -0.880. The number of hydrogen-bond donors (Lipinski definition) is 1. The van der Waals surface area contributed by atoms with E-state index in [1.54, 1.807) is 18.2 Å². The summed E-state index contributed by atoms with van der Waals surface area (Å²) in [6.45, 7) is 3.48. The molecule has 1 amide bonds. The maximum Gasteiger partial charge on any atom is 0.257 e. The number of thiocarbonyl (C=S) groups is 1. The lowest BCUT2D eigenvalue weighted by molar-refractivity contribution is 0.0970. The lowest BCUT2D eigenvalue weighted by Crippen LogP contribution is -2.51. The lowest BCUT2D eigenvalue weighted by atomic mass is 10.2. The number of rotatable bonds is 1. The molecule has 0 atom stereocenters. The molecule has 1 saturated heterocycles. The molecule has 0 spiro atoms. The van der Waals surface area contributed by atoms with Crippen LogP contribution in [0.15, 0.2) is 18.2 Å². The van der Waals surface area contributed by atoms with Gasteiger partial charge in [-0.3, -0.25) is 10.1 Å². The average molecular weight is 332 g/mol. The summed E-state index contributed by atoms with van der Waals surface area (Å²) in [5.74, 6) is -0.293. The van der Waals surface area contributed by atoms with Gasteiger partial charge in [-0.25, -0.2) is 0 Å². The van der Waals surface area contributed by atoms with Crippen molar-refractivity contribution >= 4 is 46.4 Å². The second-order valence-electron chi connectivity index (χ2n) is 4.71. The zero-order chi connectivity index (χ0) is 14.7. The van der Waals surface area contributed by atoms with Gasteiger partial charge in [0, 0.05) is 41.8 Å². The van der Waals surface area contributed by atoms with Crippen LogP contribution in [0.2, 0.25) is 10.0 Å². The van der Waals surface area contributed by atoms with E-state index < -0.39 is 0 Å². The summed E-state index contributed by atoms with van der Waals surface area (Å²) in [7, 11) is 2.06. The molecule has 1 aliphatic heterocycles. The van der Waals surface area contributed by atoms with Gasteiger partial charge >= 0.3 is 0 Å². The maximum absolute atomic E-state index is 12.1. The van der Waals surface area contributed by atoms with Gasteiger partial charge in [0.05, 0.1) is 0 Å². The van der Waals surface area contributed by atoms with Crippen molar-refractivity contribution in [1.29, 1.82) is 0 Å². The summed E-state index contributed by atoms with van der Waals surface area (Å²) in [5.41, 5.74) is 0.402. The predicted molar refractivity (Wildman–Crippen MR) is 85.6 cm³/mol. The molecule has 7 heteroatoms. The highest BCUT2D eigenvalue weighted by Gasteiger charge is 2.18. The summed E-state index contributed by atoms with van der Waals surface area (Å²) >= 11 is 17.0. The highest BCUT2D eigenvalue weighted by molar-refractivity contribution is 7.80. The van der Waals surface area contributed by atoms with E-state index in [1.807, 2.05) is 4.90 Å². The first kappa shape index (κ1) is 15.5. The van der Waals surface area contributed by atoms with Crippen molar-refractivity contribution in [3.8, 4) is 0 Å². The molecule has 1 aromatic carbocycles. The molecule has 108 valence electrons. The fourth-order valence-corrected chi connectivity index (χ4v) is 2.74. The van der Waals surface area contributed by atoms with Crippen LogP contribution in [0.1, 0.15) is 10.4 Å². The van der Waals surface area contributed by atoms with Crippen LogP contribution in [0.5, 0.6) is 0 Å². The van der Waals surface area contributed by atoms with Crippen molar-refractivity contribution in [2.24, 2.45) is 0 Å². The maximum atomic E-state index is 12.1. The zero-order valence-electron chi connectivity index (χ0n) is 11.0. The third-order valence-corrected chi connectivity index (χ3v) is 3.93. The standard InChI is InChI=1S/C13H15Cl2N3OS/c1-17-2-4-18(5-3-17)13(20)16-12(19)9-6-10(14)8-11(15)7-9/h6-8H,2-5H2,1H3,(H,16,19,20). The van der Waals surface area contributed by atoms with E-state index in [2.05, 4.69) is 17.3 Å². The van der Waals surface area contributed by atoms with E-state index >= 15 is 0 Å². The number of hydrogen-bond acceptors (Lipinski definition) is 3. The smallest absolute Gasteiger partial charge is 0.257 e. The highest BCUT2D eigenvalue weighted by Crippen LogP contribution is 2.19. The average Bonchev–Trinajstić information content (AvgIpc) is 2.38. The largest absolute Gasteiger partial charge is 0.346 e. The van der Waals surface area contributed by atoms with E-state index in [-0.39, 0.29) is 5.91 Å². The molecule has 4 nitrogen and oxygen atoms in total. The molecule has 20 heavy (non-hydrogen) atoms. The zero-order valence-corrected chi connectivity index (χ0v) is 13.4. The van der Waals surface area contributed by atoms with Crippen molar-refractivity contribution < 1.29 is 4.79 Å². The van der Waals surface area contributed by atoms with Crippen LogP contribution in [0.4, 0.5) is 0 Å². The predicted octanol–water partition coefficient (Wildman–Crippen LogP) is 2.26. The minimum Gasteiger partial charge on any atom is -0.346 e. The molecule has 1 fully saturated rings. The Bertz CT molecular complexity index is 510. The van der Waals surface area contributed by atoms with Crippen LogP contribution in [-0.2, 0) is 0 Å². The van der Waals surface area contributed by atoms with Gasteiger partial charge in [0.1, 0.15) is 0 Å². The van der Waals surface area contributed by atoms with Gasteiger partial charge in [0.2, 0.25) is 0 Å². The molecule has 1 aliphatic rings. The SMILES string of the molecule is CN1CCN(C(=S)NC(=O)c2cc(Cl)cc(Cl)c2)CC1. The van der Waals surface area contributed by atoms with Gasteiger partial charge < -0.3 is 9.80 Å². The molecule has 0 radical (unpaired) electrons. The van der Waals surface area contributed by atoms with Gasteiger partial charge in [-0.15, -0.1) is 0 Å². The van der Waals surface area contributed by atoms with Gasteiger partial charge in [0.15, 0.2) is 5.11 Å². The normalized spacial score (nSPS) is 16.1. The molecule has 1 N–H and O–H groups in total. The fraction of sp³-hybridized carbons (Fsp3) is 0.385. The number of carbonyl (C=O) groups excluding carboxylic acids is 1. The summed E-state index contributed by atoms with van der Waals surface area (Å²) in [6, 6.07) is 4.71. The number of benzene rings is 1. The van der Waals surface area contributed by atoms with Crippen LogP contribution in [0.3, 0.4) is 0 Å². The molecule has 1 aromatic rings. The van der Waals surface area contributed by atoms with Crippen LogP contribution in [0.25, 0.3) is 0 Å². The van der Waals surface area contributed by atoms with Crippen molar-refractivity contribution in [3.05, 3.63) is 33.8 Å². The van der Waals surface area contributed by atoms with Crippen molar-refractivity contribution in [3.63, 3.8) is 0 Å². The van der Waals surface area contributed by atoms with Crippen molar-refractivity contribution in [2.45, 2.75) is 0 Å². The first-order valence-electron chi connectivity index (χ1n) is 6.20. The number of piperazine rings is 1. The molecule has 0 aromatic heterocycles. The monoisotopic (exact) mass is 331 g/mol. The van der Waals surface area contributed by atoms with Gasteiger partial charge in [-0.05, 0) is 37.5 Å². The quantitative estimate of drug-likeness (QED) is 0.801. The van der Waals surface area contributed by atoms with E-state index in [0.717, 1.165) is 26.2 Å². The Morgan fingerprint density at radius 1 is 1.15 bits per heavy atom. The van der Waals surface area contributed by atoms with Crippen LogP contribution in [0, 0.1) is 0 Å². The topological polar surface area (TPSA) is 35.6 Å². The number of nitrogens with one attached hydrogen (secondary N) is 1. The number of carbonyl (C=O) groups is 1. The number of halogens is 2. The Morgan fingerprint density at radius 2 is 1.70 bits per heavy atom. The molecule has 0 unspecified atom stereocenters. The first-order valence-corrected chi connectivity index (χ1v) is 7.37. The van der Waals surface area contributed by atoms with Crippen LogP contribution >= 0.6 is 35.4 Å². The third kappa shape index (κ3) is 4.06. The fourth-order valence-electron chi connectivity index (χ4n) is 1.94. The molecule has 2 rings (SSSR count). The number of likely N-dealkylation sites (N-methyl/N-ethyl adjacent to an activating group) is 1. The van der Waals surface area contributed by atoms with Crippen molar-refractivity contribution in [1.82, 2.24) is 15.1 Å². The van der Waals surface area contributed by atoms with Gasteiger partial charge in [-0.1, -0.05) is 23.2 Å². The minimum atomic E-state index is -0.293. The van der Waals surface area contributed by atoms with Crippen LogP contribution in [-0.4, -0.2) is 54.0 Å². The molecule has 0 aliphatic carbocycles. The second-order valence-corrected chi connectivity index (χ2v) is 5.97. The lowest BCUT2D eigenvalue weighted by Gasteiger charge is -2.33. The minimum absolute atomic E-state index is 0.293. The van der Waals surface area contributed by atoms with E-state index in [9.17, 15) is 4.79 Å². The molecular weight excluding hydrogens is 317 g/mol. The molecule has 0 bridgehead atoms. The van der Waals surface area contributed by atoms with Crippen LogP contribution < -0.4 is 5.32 Å². The Kier molecular flexibility index (Phi) is 5.21. The molecule has 0 saturated carbocycles. The number of nitrogens with zero attached hydrogens (tertiary/aromatic N) is 2. The van der Waals surface area contributed by atoms with E-state index in [4.69, 9.17) is 35.4 Å². The summed E-state index contributed by atoms with van der Waals surface area (Å²) in [4.78, 5) is 16.3. The van der Waals surface area contributed by atoms with E-state index in [0.29, 0.717) is 20.7 Å². The number of amides is 1. The molecule has 1 heterocycles. The Labute approximate surface area is 133 Å². The summed E-state index contributed by atoms with van der Waals surface area (Å²) in [6.07, 6.45) is 0. The highest BCUT2D eigenvalue weighted by atomic mass is 35.5. The second kappa shape index (κ2) is 6.72. The summed E-state index contributed by atoms with van der Waals surface area (Å²) < 4.78 is 0. The van der Waals surface area contributed by atoms with E-state index in [1.165, 1.54) is 0 Å². The van der Waals surface area contributed by atoms with Gasteiger partial charge in [-0.2, -0.15) is 0 Å². The Morgan fingerprint density at radius 3 is 2.25 bits per heavy atom. The summed E-state index contributed by atoms with van der Waals surface area (Å²) in [5, 5.41) is 4.01.